The minimum Gasteiger partial charge on any atom is -0.492 e. The van der Waals surface area contributed by atoms with Gasteiger partial charge in [-0.3, -0.25) is 4.79 Å². The molecule has 2 aromatic rings. The van der Waals surface area contributed by atoms with Crippen LogP contribution in [0.1, 0.15) is 17.7 Å². The maximum atomic E-state index is 13.6. The summed E-state index contributed by atoms with van der Waals surface area (Å²) >= 11 is 1.41. The van der Waals surface area contributed by atoms with Crippen molar-refractivity contribution >= 4 is 17.7 Å². The molecule has 0 saturated carbocycles. The fourth-order valence-corrected chi connectivity index (χ4v) is 2.90. The van der Waals surface area contributed by atoms with Crippen molar-refractivity contribution in [3.05, 3.63) is 66.0 Å². The van der Waals surface area contributed by atoms with Crippen molar-refractivity contribution in [2.75, 3.05) is 18.9 Å². The van der Waals surface area contributed by atoms with Gasteiger partial charge in [0.2, 0.25) is 5.91 Å². The minimum atomic E-state index is -0.232. The SMILES string of the molecule is CC(SCC(=O)NCCOc1ccccc1)c1ccccc1F. The first-order valence-corrected chi connectivity index (χ1v) is 8.52. The summed E-state index contributed by atoms with van der Waals surface area (Å²) in [6, 6.07) is 16.1. The van der Waals surface area contributed by atoms with E-state index in [1.54, 1.807) is 18.2 Å². The zero-order valence-electron chi connectivity index (χ0n) is 13.0. The van der Waals surface area contributed by atoms with Gasteiger partial charge in [0.1, 0.15) is 18.2 Å². The molecule has 2 rings (SSSR count). The Kier molecular flexibility index (Phi) is 6.94. The monoisotopic (exact) mass is 333 g/mol. The molecular formula is C18H20FNO2S. The molecule has 1 unspecified atom stereocenters. The normalized spacial score (nSPS) is 11.7. The molecule has 0 aromatic heterocycles. The van der Waals surface area contributed by atoms with E-state index in [2.05, 4.69) is 5.32 Å². The van der Waals surface area contributed by atoms with E-state index in [-0.39, 0.29) is 17.0 Å². The van der Waals surface area contributed by atoms with Crippen LogP contribution in [0.3, 0.4) is 0 Å². The quantitative estimate of drug-likeness (QED) is 0.747. The van der Waals surface area contributed by atoms with Crippen molar-refractivity contribution in [1.29, 1.82) is 0 Å². The highest BCUT2D eigenvalue weighted by Gasteiger charge is 2.12. The van der Waals surface area contributed by atoms with Gasteiger partial charge in [0.15, 0.2) is 0 Å². The lowest BCUT2D eigenvalue weighted by atomic mass is 10.1. The summed E-state index contributed by atoms with van der Waals surface area (Å²) in [5.41, 5.74) is 0.623. The van der Waals surface area contributed by atoms with Gasteiger partial charge < -0.3 is 10.1 Å². The van der Waals surface area contributed by atoms with Gasteiger partial charge in [-0.15, -0.1) is 11.8 Å². The van der Waals surface area contributed by atoms with Crippen LogP contribution in [0.15, 0.2) is 54.6 Å². The second-order valence-corrected chi connectivity index (χ2v) is 6.32. The third-order valence-corrected chi connectivity index (χ3v) is 4.43. The number of amides is 1. The molecule has 1 atom stereocenters. The Balaban J connectivity index is 1.64. The van der Waals surface area contributed by atoms with Gasteiger partial charge in [-0.2, -0.15) is 0 Å². The number of benzene rings is 2. The number of para-hydroxylation sites is 1. The third-order valence-electron chi connectivity index (χ3n) is 3.24. The fourth-order valence-electron chi connectivity index (χ4n) is 2.02. The molecule has 0 saturated heterocycles. The van der Waals surface area contributed by atoms with Crippen molar-refractivity contribution in [2.45, 2.75) is 12.2 Å². The minimum absolute atomic E-state index is 0.0671. The van der Waals surface area contributed by atoms with E-state index in [0.29, 0.717) is 24.5 Å². The lowest BCUT2D eigenvalue weighted by Gasteiger charge is -2.12. The van der Waals surface area contributed by atoms with Crippen molar-refractivity contribution in [3.8, 4) is 5.75 Å². The molecule has 0 aliphatic heterocycles. The molecule has 3 nitrogen and oxygen atoms in total. The Morgan fingerprint density at radius 2 is 1.87 bits per heavy atom. The summed E-state index contributed by atoms with van der Waals surface area (Å²) in [5.74, 6) is 0.768. The number of thioether (sulfide) groups is 1. The van der Waals surface area contributed by atoms with E-state index in [1.165, 1.54) is 17.8 Å². The maximum absolute atomic E-state index is 13.6. The predicted octanol–water partition coefficient (Wildman–Crippen LogP) is 3.82. The van der Waals surface area contributed by atoms with Crippen LogP contribution in [-0.2, 0) is 4.79 Å². The van der Waals surface area contributed by atoms with Gasteiger partial charge in [0.05, 0.1) is 12.3 Å². The molecule has 0 aliphatic carbocycles. The number of rotatable bonds is 8. The number of hydrogen-bond acceptors (Lipinski definition) is 3. The zero-order valence-corrected chi connectivity index (χ0v) is 13.8. The van der Waals surface area contributed by atoms with Crippen molar-refractivity contribution in [1.82, 2.24) is 5.32 Å². The summed E-state index contributed by atoms with van der Waals surface area (Å²) in [5, 5.41) is 2.73. The molecule has 1 N–H and O–H groups in total. The highest BCUT2D eigenvalue weighted by molar-refractivity contribution is 8.00. The van der Waals surface area contributed by atoms with Crippen molar-refractivity contribution in [3.63, 3.8) is 0 Å². The fraction of sp³-hybridized carbons (Fsp3) is 0.278. The Labute approximate surface area is 140 Å². The summed E-state index contributed by atoms with van der Waals surface area (Å²) in [7, 11) is 0. The second kappa shape index (κ2) is 9.20. The zero-order chi connectivity index (χ0) is 16.5. The molecule has 0 radical (unpaired) electrons. The Hall–Kier alpha value is -2.01. The highest BCUT2D eigenvalue weighted by atomic mass is 32.2. The third kappa shape index (κ3) is 5.94. The Bertz CT molecular complexity index is 621. The summed E-state index contributed by atoms with van der Waals surface area (Å²) in [6.45, 7) is 2.76. The first-order chi connectivity index (χ1) is 11.2. The summed E-state index contributed by atoms with van der Waals surface area (Å²) in [6.07, 6.45) is 0. The molecule has 0 spiro atoms. The van der Waals surface area contributed by atoms with Crippen LogP contribution in [-0.4, -0.2) is 24.8 Å². The van der Waals surface area contributed by atoms with E-state index in [4.69, 9.17) is 4.74 Å². The van der Waals surface area contributed by atoms with Crippen LogP contribution < -0.4 is 10.1 Å². The molecule has 0 fully saturated rings. The molecule has 0 aliphatic rings. The van der Waals surface area contributed by atoms with Crippen LogP contribution in [0.5, 0.6) is 5.75 Å². The summed E-state index contributed by atoms with van der Waals surface area (Å²) in [4.78, 5) is 11.8. The number of carbonyl (C=O) groups is 1. The van der Waals surface area contributed by atoms with Crippen molar-refractivity contribution < 1.29 is 13.9 Å². The van der Waals surface area contributed by atoms with E-state index >= 15 is 0 Å². The van der Waals surface area contributed by atoms with Crippen LogP contribution in [0.2, 0.25) is 0 Å². The molecule has 0 bridgehead atoms. The van der Waals surface area contributed by atoms with Crippen LogP contribution >= 0.6 is 11.8 Å². The van der Waals surface area contributed by atoms with Crippen molar-refractivity contribution in [2.24, 2.45) is 0 Å². The number of nitrogens with one attached hydrogen (secondary N) is 1. The molecular weight excluding hydrogens is 313 g/mol. The van der Waals surface area contributed by atoms with Gasteiger partial charge in [0, 0.05) is 10.8 Å². The molecule has 1 amide bonds. The largest absolute Gasteiger partial charge is 0.492 e. The first-order valence-electron chi connectivity index (χ1n) is 7.47. The van der Waals surface area contributed by atoms with Gasteiger partial charge in [-0.1, -0.05) is 36.4 Å². The number of carbonyl (C=O) groups excluding carboxylic acids is 1. The molecule has 23 heavy (non-hydrogen) atoms. The predicted molar refractivity (Wildman–Crippen MR) is 92.2 cm³/mol. The van der Waals surface area contributed by atoms with E-state index in [0.717, 1.165) is 5.75 Å². The van der Waals surface area contributed by atoms with Gasteiger partial charge in [-0.25, -0.2) is 4.39 Å². The van der Waals surface area contributed by atoms with Crippen LogP contribution in [0.4, 0.5) is 4.39 Å². The van der Waals surface area contributed by atoms with Crippen LogP contribution in [0, 0.1) is 5.82 Å². The molecule has 2 aromatic carbocycles. The highest BCUT2D eigenvalue weighted by Crippen LogP contribution is 2.29. The Morgan fingerprint density at radius 1 is 1.17 bits per heavy atom. The number of ether oxygens (including phenoxy) is 1. The smallest absolute Gasteiger partial charge is 0.230 e. The standard InChI is InChI=1S/C18H20FNO2S/c1-14(16-9-5-6-10-17(16)19)23-13-18(21)20-11-12-22-15-7-3-2-4-8-15/h2-10,14H,11-13H2,1H3,(H,20,21). The van der Waals surface area contributed by atoms with Gasteiger partial charge >= 0.3 is 0 Å². The molecule has 0 heterocycles. The second-order valence-electron chi connectivity index (χ2n) is 4.99. The molecule has 122 valence electrons. The van der Waals surface area contributed by atoms with E-state index in [9.17, 15) is 9.18 Å². The Morgan fingerprint density at radius 3 is 2.61 bits per heavy atom. The van der Waals surface area contributed by atoms with Crippen LogP contribution in [0.25, 0.3) is 0 Å². The number of halogens is 1. The molecule has 5 heteroatoms. The lowest BCUT2D eigenvalue weighted by Crippen LogP contribution is -2.29. The van der Waals surface area contributed by atoms with Gasteiger partial charge in [0.25, 0.3) is 0 Å². The average molecular weight is 333 g/mol. The topological polar surface area (TPSA) is 38.3 Å². The number of hydrogen-bond donors (Lipinski definition) is 1. The summed E-state index contributed by atoms with van der Waals surface area (Å²) < 4.78 is 19.1. The van der Waals surface area contributed by atoms with E-state index < -0.39 is 0 Å². The first kappa shape index (κ1) is 17.3. The average Bonchev–Trinajstić information content (AvgIpc) is 2.58. The van der Waals surface area contributed by atoms with Gasteiger partial charge in [-0.05, 0) is 25.1 Å². The maximum Gasteiger partial charge on any atom is 0.230 e. The lowest BCUT2D eigenvalue weighted by molar-refractivity contribution is -0.118. The van der Waals surface area contributed by atoms with E-state index in [1.807, 2.05) is 37.3 Å².